The number of methoxy groups -OCH3 is 1. The molecule has 0 fully saturated rings. The van der Waals surface area contributed by atoms with Gasteiger partial charge in [0.05, 0.1) is 19.6 Å². The first-order chi connectivity index (χ1) is 9.24. The molecule has 0 aliphatic carbocycles. The number of esters is 1. The minimum absolute atomic E-state index is 0.344. The standard InChI is InChI=1S/C13H19NO6/c1-13(2,3)20-12(17)14-9(11(16)18-4)10(15)8-5-6-19-7-8/h5-7,9-10,15H,1-4H3,(H,14,17). The van der Waals surface area contributed by atoms with Crippen LogP contribution in [0.3, 0.4) is 0 Å². The lowest BCUT2D eigenvalue weighted by molar-refractivity contribution is -0.146. The summed E-state index contributed by atoms with van der Waals surface area (Å²) in [5, 5.41) is 12.4. The van der Waals surface area contributed by atoms with Gasteiger partial charge >= 0.3 is 12.1 Å². The van der Waals surface area contributed by atoms with E-state index in [1.807, 2.05) is 0 Å². The first kappa shape index (κ1) is 16.0. The number of hydrogen-bond donors (Lipinski definition) is 2. The second-order valence-corrected chi connectivity index (χ2v) is 5.15. The van der Waals surface area contributed by atoms with Crippen LogP contribution in [0.4, 0.5) is 4.79 Å². The molecule has 0 bridgehead atoms. The van der Waals surface area contributed by atoms with E-state index in [9.17, 15) is 14.7 Å². The molecule has 2 atom stereocenters. The molecule has 0 aliphatic rings. The van der Waals surface area contributed by atoms with Gasteiger partial charge in [0.1, 0.15) is 11.7 Å². The van der Waals surface area contributed by atoms with E-state index in [0.717, 1.165) is 7.11 Å². The minimum atomic E-state index is -1.30. The molecule has 0 radical (unpaired) electrons. The van der Waals surface area contributed by atoms with Crippen LogP contribution in [0.15, 0.2) is 23.0 Å². The largest absolute Gasteiger partial charge is 0.472 e. The van der Waals surface area contributed by atoms with Gasteiger partial charge in [-0.15, -0.1) is 0 Å². The molecule has 1 heterocycles. The van der Waals surface area contributed by atoms with E-state index < -0.39 is 29.8 Å². The number of alkyl carbamates (subject to hydrolysis) is 1. The van der Waals surface area contributed by atoms with Crippen LogP contribution in [0.2, 0.25) is 0 Å². The first-order valence-electron chi connectivity index (χ1n) is 6.02. The molecule has 0 spiro atoms. The van der Waals surface area contributed by atoms with Gasteiger partial charge in [-0.05, 0) is 26.8 Å². The summed E-state index contributed by atoms with van der Waals surface area (Å²) in [5.74, 6) is -0.787. The molecule has 0 saturated carbocycles. The molecule has 2 N–H and O–H groups in total. The molecule has 7 heteroatoms. The second-order valence-electron chi connectivity index (χ2n) is 5.15. The SMILES string of the molecule is COC(=O)C(NC(=O)OC(C)(C)C)C(O)c1ccoc1. The lowest BCUT2D eigenvalue weighted by Crippen LogP contribution is -2.47. The Kier molecular flexibility index (Phi) is 5.15. The van der Waals surface area contributed by atoms with Crippen LogP contribution in [0, 0.1) is 0 Å². The number of aliphatic hydroxyl groups excluding tert-OH is 1. The van der Waals surface area contributed by atoms with Crippen molar-refractivity contribution in [2.75, 3.05) is 7.11 Å². The maximum Gasteiger partial charge on any atom is 0.408 e. The maximum absolute atomic E-state index is 11.7. The van der Waals surface area contributed by atoms with E-state index in [0.29, 0.717) is 5.56 Å². The molecule has 112 valence electrons. The van der Waals surface area contributed by atoms with Crippen molar-refractivity contribution in [3.63, 3.8) is 0 Å². The average molecular weight is 285 g/mol. The van der Waals surface area contributed by atoms with Crippen molar-refractivity contribution >= 4 is 12.1 Å². The number of aliphatic hydroxyl groups is 1. The number of furan rings is 1. The van der Waals surface area contributed by atoms with Crippen molar-refractivity contribution in [2.24, 2.45) is 0 Å². The van der Waals surface area contributed by atoms with Crippen molar-refractivity contribution in [1.82, 2.24) is 5.32 Å². The van der Waals surface area contributed by atoms with Crippen LogP contribution in [-0.4, -0.2) is 35.9 Å². The fraction of sp³-hybridized carbons (Fsp3) is 0.538. The molecule has 1 aromatic rings. The van der Waals surface area contributed by atoms with Gasteiger partial charge in [0, 0.05) is 5.56 Å². The summed E-state index contributed by atoms with van der Waals surface area (Å²) in [7, 11) is 1.16. The number of rotatable bonds is 4. The van der Waals surface area contributed by atoms with Crippen molar-refractivity contribution in [3.05, 3.63) is 24.2 Å². The Labute approximate surface area is 116 Å². The number of amides is 1. The maximum atomic E-state index is 11.7. The zero-order chi connectivity index (χ0) is 15.3. The third-order valence-electron chi connectivity index (χ3n) is 2.33. The van der Waals surface area contributed by atoms with Crippen LogP contribution in [0.1, 0.15) is 32.4 Å². The van der Waals surface area contributed by atoms with E-state index >= 15 is 0 Å². The summed E-state index contributed by atoms with van der Waals surface area (Å²) >= 11 is 0. The molecule has 1 rings (SSSR count). The highest BCUT2D eigenvalue weighted by Crippen LogP contribution is 2.19. The number of carbonyl (C=O) groups excluding carboxylic acids is 2. The molecular weight excluding hydrogens is 266 g/mol. The van der Waals surface area contributed by atoms with Crippen LogP contribution in [0.5, 0.6) is 0 Å². The molecule has 7 nitrogen and oxygen atoms in total. The molecule has 0 aromatic carbocycles. The smallest absolute Gasteiger partial charge is 0.408 e. The quantitative estimate of drug-likeness (QED) is 0.811. The van der Waals surface area contributed by atoms with Gasteiger partial charge in [-0.1, -0.05) is 0 Å². The van der Waals surface area contributed by atoms with E-state index in [-0.39, 0.29) is 0 Å². The summed E-state index contributed by atoms with van der Waals surface area (Å²) < 4.78 is 14.4. The first-order valence-corrected chi connectivity index (χ1v) is 6.02. The predicted octanol–water partition coefficient (Wildman–Crippen LogP) is 1.38. The number of carbonyl (C=O) groups is 2. The van der Waals surface area contributed by atoms with Gasteiger partial charge in [-0.3, -0.25) is 0 Å². The number of ether oxygens (including phenoxy) is 2. The molecule has 1 aromatic heterocycles. The Hall–Kier alpha value is -2.02. The Morgan fingerprint density at radius 2 is 2.05 bits per heavy atom. The highest BCUT2D eigenvalue weighted by molar-refractivity contribution is 5.82. The van der Waals surface area contributed by atoms with E-state index in [1.54, 1.807) is 20.8 Å². The monoisotopic (exact) mass is 285 g/mol. The van der Waals surface area contributed by atoms with Crippen molar-refractivity contribution < 1.29 is 28.6 Å². The summed E-state index contributed by atoms with van der Waals surface area (Å²) in [6.45, 7) is 5.06. The molecular formula is C13H19NO6. The lowest BCUT2D eigenvalue weighted by atomic mass is 10.1. The Morgan fingerprint density at radius 1 is 1.40 bits per heavy atom. The van der Waals surface area contributed by atoms with Gasteiger partial charge < -0.3 is 24.3 Å². The summed E-state index contributed by atoms with van der Waals surface area (Å²) in [6, 6.07) is 0.199. The summed E-state index contributed by atoms with van der Waals surface area (Å²) in [4.78, 5) is 23.4. The second kappa shape index (κ2) is 6.42. The van der Waals surface area contributed by atoms with Crippen LogP contribution in [0.25, 0.3) is 0 Å². The number of hydrogen-bond acceptors (Lipinski definition) is 6. The lowest BCUT2D eigenvalue weighted by Gasteiger charge is -2.24. The third-order valence-corrected chi connectivity index (χ3v) is 2.33. The molecule has 20 heavy (non-hydrogen) atoms. The van der Waals surface area contributed by atoms with Crippen LogP contribution < -0.4 is 5.32 Å². The molecule has 1 amide bonds. The fourth-order valence-electron chi connectivity index (χ4n) is 1.46. The zero-order valence-corrected chi connectivity index (χ0v) is 11.9. The number of nitrogens with one attached hydrogen (secondary N) is 1. The highest BCUT2D eigenvalue weighted by atomic mass is 16.6. The van der Waals surface area contributed by atoms with Gasteiger partial charge in [-0.2, -0.15) is 0 Å². The van der Waals surface area contributed by atoms with Crippen molar-refractivity contribution in [3.8, 4) is 0 Å². The topological polar surface area (TPSA) is 98.0 Å². The van der Waals surface area contributed by atoms with Crippen molar-refractivity contribution in [1.29, 1.82) is 0 Å². The summed E-state index contributed by atoms with van der Waals surface area (Å²) in [6.07, 6.45) is 0.502. The zero-order valence-electron chi connectivity index (χ0n) is 11.9. The summed E-state index contributed by atoms with van der Waals surface area (Å²) in [5.41, 5.74) is -0.373. The van der Waals surface area contributed by atoms with Gasteiger partial charge in [0.15, 0.2) is 6.04 Å². The Morgan fingerprint density at radius 3 is 2.50 bits per heavy atom. The predicted molar refractivity (Wildman–Crippen MR) is 68.8 cm³/mol. The third kappa shape index (κ3) is 4.58. The minimum Gasteiger partial charge on any atom is -0.472 e. The normalized spacial score (nSPS) is 14.2. The van der Waals surface area contributed by atoms with Crippen LogP contribution >= 0.6 is 0 Å². The molecule has 0 saturated heterocycles. The Balaban J connectivity index is 2.80. The van der Waals surface area contributed by atoms with Gasteiger partial charge in [-0.25, -0.2) is 9.59 Å². The van der Waals surface area contributed by atoms with Gasteiger partial charge in [0.2, 0.25) is 0 Å². The van der Waals surface area contributed by atoms with Crippen LogP contribution in [-0.2, 0) is 14.3 Å². The van der Waals surface area contributed by atoms with Gasteiger partial charge in [0.25, 0.3) is 0 Å². The fourth-order valence-corrected chi connectivity index (χ4v) is 1.46. The van der Waals surface area contributed by atoms with E-state index in [1.165, 1.54) is 18.6 Å². The average Bonchev–Trinajstić information content (AvgIpc) is 2.85. The van der Waals surface area contributed by atoms with E-state index in [4.69, 9.17) is 9.15 Å². The highest BCUT2D eigenvalue weighted by Gasteiger charge is 2.32. The van der Waals surface area contributed by atoms with E-state index in [2.05, 4.69) is 10.1 Å². The molecule has 2 unspecified atom stereocenters. The van der Waals surface area contributed by atoms with Crippen molar-refractivity contribution in [2.45, 2.75) is 38.5 Å². The Bertz CT molecular complexity index is 448. The molecule has 0 aliphatic heterocycles.